The number of likely N-dealkylation sites (tertiary alicyclic amines) is 1. The Bertz CT molecular complexity index is 459. The van der Waals surface area contributed by atoms with Gasteiger partial charge in [-0.25, -0.2) is 0 Å². The van der Waals surface area contributed by atoms with Gasteiger partial charge in [0.15, 0.2) is 0 Å². The van der Waals surface area contributed by atoms with E-state index in [1.165, 1.54) is 32.4 Å². The van der Waals surface area contributed by atoms with E-state index in [9.17, 15) is 0 Å². The normalized spacial score (nSPS) is 15.8. The average Bonchev–Trinajstić information content (AvgIpc) is 2.48. The number of nitrogens with two attached hydrogens (primary N) is 1. The molecule has 1 heterocycles. The number of hydrogen-bond donors (Lipinski definition) is 1. The molecule has 2 rings (SSSR count). The van der Waals surface area contributed by atoms with Crippen molar-refractivity contribution in [1.82, 2.24) is 4.90 Å². The third-order valence-corrected chi connectivity index (χ3v) is 3.79. The molecule has 0 saturated carbocycles. The second kappa shape index (κ2) is 7.45. The zero-order valence-corrected chi connectivity index (χ0v) is 12.7. The van der Waals surface area contributed by atoms with Gasteiger partial charge in [-0.2, -0.15) is 0 Å². The van der Waals surface area contributed by atoms with Crippen LogP contribution in [-0.2, 0) is 0 Å². The van der Waals surface area contributed by atoms with Gasteiger partial charge in [-0.3, -0.25) is 4.90 Å². The van der Waals surface area contributed by atoms with E-state index in [-0.39, 0.29) is 0 Å². The van der Waals surface area contributed by atoms with Gasteiger partial charge in [0.05, 0.1) is 12.7 Å². The predicted molar refractivity (Wildman–Crippen MR) is 84.7 cm³/mol. The molecule has 2 N–H and O–H groups in total. The van der Waals surface area contributed by atoms with Gasteiger partial charge in [0.1, 0.15) is 23.1 Å². The summed E-state index contributed by atoms with van der Waals surface area (Å²) in [6.07, 6.45) is 3.92. The number of thiocarbonyl (C=S) groups is 1. The Balaban J connectivity index is 1.94. The van der Waals surface area contributed by atoms with Gasteiger partial charge < -0.3 is 15.2 Å². The SMILES string of the molecule is COc1ccc(C(N)=S)c(OCCN2CCCCC2)c1. The molecule has 1 saturated heterocycles. The Hall–Kier alpha value is -1.33. The molecule has 1 aliphatic heterocycles. The summed E-state index contributed by atoms with van der Waals surface area (Å²) in [4.78, 5) is 2.78. The molecular weight excluding hydrogens is 272 g/mol. The summed E-state index contributed by atoms with van der Waals surface area (Å²) in [6.45, 7) is 3.92. The largest absolute Gasteiger partial charge is 0.497 e. The molecule has 0 radical (unpaired) electrons. The Kier molecular flexibility index (Phi) is 5.61. The third kappa shape index (κ3) is 4.08. The van der Waals surface area contributed by atoms with Gasteiger partial charge >= 0.3 is 0 Å². The van der Waals surface area contributed by atoms with Crippen molar-refractivity contribution in [1.29, 1.82) is 0 Å². The summed E-state index contributed by atoms with van der Waals surface area (Å²) in [5.41, 5.74) is 6.48. The average molecular weight is 294 g/mol. The van der Waals surface area contributed by atoms with E-state index >= 15 is 0 Å². The zero-order chi connectivity index (χ0) is 14.4. The van der Waals surface area contributed by atoms with Gasteiger partial charge in [0.2, 0.25) is 0 Å². The number of methoxy groups -OCH3 is 1. The molecule has 110 valence electrons. The minimum Gasteiger partial charge on any atom is -0.497 e. The Morgan fingerprint density at radius 3 is 2.70 bits per heavy atom. The second-order valence-electron chi connectivity index (χ2n) is 4.98. The summed E-state index contributed by atoms with van der Waals surface area (Å²) in [5, 5.41) is 0. The smallest absolute Gasteiger partial charge is 0.133 e. The number of nitrogens with zero attached hydrogens (tertiary/aromatic N) is 1. The minimum absolute atomic E-state index is 0.348. The van der Waals surface area contributed by atoms with Gasteiger partial charge in [-0.05, 0) is 38.1 Å². The number of hydrogen-bond acceptors (Lipinski definition) is 4. The van der Waals surface area contributed by atoms with Crippen molar-refractivity contribution < 1.29 is 9.47 Å². The van der Waals surface area contributed by atoms with Gasteiger partial charge in [-0.1, -0.05) is 18.6 Å². The van der Waals surface area contributed by atoms with Crippen molar-refractivity contribution in [2.45, 2.75) is 19.3 Å². The first-order valence-electron chi connectivity index (χ1n) is 7.03. The maximum Gasteiger partial charge on any atom is 0.133 e. The molecule has 1 aromatic rings. The zero-order valence-electron chi connectivity index (χ0n) is 11.9. The molecule has 4 nitrogen and oxygen atoms in total. The first-order valence-corrected chi connectivity index (χ1v) is 7.44. The molecule has 0 unspecified atom stereocenters. The van der Waals surface area contributed by atoms with Crippen LogP contribution >= 0.6 is 12.2 Å². The fraction of sp³-hybridized carbons (Fsp3) is 0.533. The van der Waals surface area contributed by atoms with Crippen LogP contribution in [-0.4, -0.2) is 43.2 Å². The summed E-state index contributed by atoms with van der Waals surface area (Å²) < 4.78 is 11.1. The molecule has 0 aromatic heterocycles. The van der Waals surface area contributed by atoms with Crippen molar-refractivity contribution in [3.05, 3.63) is 23.8 Å². The molecule has 1 fully saturated rings. The van der Waals surface area contributed by atoms with Gasteiger partial charge in [0, 0.05) is 12.6 Å². The van der Waals surface area contributed by atoms with E-state index in [1.54, 1.807) is 7.11 Å². The van der Waals surface area contributed by atoms with Crippen LogP contribution in [0.4, 0.5) is 0 Å². The highest BCUT2D eigenvalue weighted by Gasteiger charge is 2.12. The van der Waals surface area contributed by atoms with Crippen LogP contribution in [0.1, 0.15) is 24.8 Å². The molecule has 20 heavy (non-hydrogen) atoms. The Morgan fingerprint density at radius 2 is 2.05 bits per heavy atom. The fourth-order valence-corrected chi connectivity index (χ4v) is 2.59. The number of ether oxygens (including phenoxy) is 2. The van der Waals surface area contributed by atoms with Crippen LogP contribution in [0.25, 0.3) is 0 Å². The van der Waals surface area contributed by atoms with Crippen LogP contribution < -0.4 is 15.2 Å². The maximum absolute atomic E-state index is 5.85. The molecule has 1 aromatic carbocycles. The highest BCUT2D eigenvalue weighted by atomic mass is 32.1. The van der Waals surface area contributed by atoms with E-state index in [1.807, 2.05) is 18.2 Å². The van der Waals surface area contributed by atoms with Crippen LogP contribution in [0.2, 0.25) is 0 Å². The van der Waals surface area contributed by atoms with Crippen molar-refractivity contribution in [2.75, 3.05) is 33.4 Å². The maximum atomic E-state index is 5.85. The molecule has 1 aliphatic rings. The highest BCUT2D eigenvalue weighted by molar-refractivity contribution is 7.80. The minimum atomic E-state index is 0.348. The molecule has 0 amide bonds. The summed E-state index contributed by atoms with van der Waals surface area (Å²) in [7, 11) is 1.63. The van der Waals surface area contributed by atoms with E-state index in [0.717, 1.165) is 17.9 Å². The lowest BCUT2D eigenvalue weighted by molar-refractivity contribution is 0.183. The number of rotatable bonds is 6. The van der Waals surface area contributed by atoms with Crippen LogP contribution in [0.3, 0.4) is 0 Å². The number of piperidine rings is 1. The molecule has 0 spiro atoms. The summed E-state index contributed by atoms with van der Waals surface area (Å²) >= 11 is 5.05. The van der Waals surface area contributed by atoms with Crippen molar-refractivity contribution in [3.8, 4) is 11.5 Å². The van der Waals surface area contributed by atoms with Crippen molar-refractivity contribution >= 4 is 17.2 Å². The molecule has 0 aliphatic carbocycles. The van der Waals surface area contributed by atoms with E-state index in [2.05, 4.69) is 4.90 Å². The Morgan fingerprint density at radius 1 is 1.30 bits per heavy atom. The van der Waals surface area contributed by atoms with E-state index in [4.69, 9.17) is 27.4 Å². The standard InChI is InChI=1S/C15H22N2O2S/c1-18-12-5-6-13(15(16)20)14(11-12)19-10-9-17-7-3-2-4-8-17/h5-6,11H,2-4,7-10H2,1H3,(H2,16,20). The first-order chi connectivity index (χ1) is 9.70. The van der Waals surface area contributed by atoms with Crippen molar-refractivity contribution in [2.24, 2.45) is 5.73 Å². The lowest BCUT2D eigenvalue weighted by atomic mass is 10.1. The van der Waals surface area contributed by atoms with Gasteiger partial charge in [0.25, 0.3) is 0 Å². The van der Waals surface area contributed by atoms with Crippen molar-refractivity contribution in [3.63, 3.8) is 0 Å². The lowest BCUT2D eigenvalue weighted by Crippen LogP contribution is -2.33. The quantitative estimate of drug-likeness (QED) is 0.815. The fourth-order valence-electron chi connectivity index (χ4n) is 2.42. The second-order valence-corrected chi connectivity index (χ2v) is 5.42. The predicted octanol–water partition coefficient (Wildman–Crippen LogP) is 2.19. The monoisotopic (exact) mass is 294 g/mol. The molecule has 0 bridgehead atoms. The summed E-state index contributed by atoms with van der Waals surface area (Å²) in [6, 6.07) is 5.52. The Labute approximate surface area is 125 Å². The van der Waals surface area contributed by atoms with E-state index < -0.39 is 0 Å². The van der Waals surface area contributed by atoms with Gasteiger partial charge in [-0.15, -0.1) is 0 Å². The molecular formula is C15H22N2O2S. The molecule has 0 atom stereocenters. The van der Waals surface area contributed by atoms with Crippen LogP contribution in [0.5, 0.6) is 11.5 Å². The lowest BCUT2D eigenvalue weighted by Gasteiger charge is -2.26. The van der Waals surface area contributed by atoms with Crippen LogP contribution in [0, 0.1) is 0 Å². The van der Waals surface area contributed by atoms with Crippen LogP contribution in [0.15, 0.2) is 18.2 Å². The topological polar surface area (TPSA) is 47.7 Å². The summed E-state index contributed by atoms with van der Waals surface area (Å²) in [5.74, 6) is 1.45. The van der Waals surface area contributed by atoms with E-state index in [0.29, 0.717) is 17.3 Å². The number of benzene rings is 1. The first kappa shape index (κ1) is 15.1. The molecule has 5 heteroatoms. The third-order valence-electron chi connectivity index (χ3n) is 3.57. The highest BCUT2D eigenvalue weighted by Crippen LogP contribution is 2.25.